The lowest BCUT2D eigenvalue weighted by Gasteiger charge is -2.21. The van der Waals surface area contributed by atoms with Crippen LogP contribution in [0.1, 0.15) is 197 Å². The van der Waals surface area contributed by atoms with Crippen molar-refractivity contribution in [2.75, 3.05) is 19.8 Å². The third-order valence-electron chi connectivity index (χ3n) is 12.0. The fraction of sp³-hybridized carbons (Fsp3) is 0.618. The van der Waals surface area contributed by atoms with Gasteiger partial charge in [0.1, 0.15) is 0 Å². The number of aromatic hydroxyl groups is 1. The number of hydrogen-bond acceptors (Lipinski definition) is 7. The highest BCUT2D eigenvalue weighted by Gasteiger charge is 2.27. The second kappa shape index (κ2) is 29.3. The number of aryl methyl sites for hydroxylation is 4. The lowest BCUT2D eigenvalue weighted by atomic mass is 10.0. The molecule has 7 nitrogen and oxygen atoms in total. The van der Waals surface area contributed by atoms with Crippen molar-refractivity contribution < 1.29 is 19.3 Å². The van der Waals surface area contributed by atoms with Gasteiger partial charge in [0.15, 0.2) is 29.0 Å². The van der Waals surface area contributed by atoms with Crippen LogP contribution in [0.5, 0.6) is 23.0 Å². The van der Waals surface area contributed by atoms with Crippen molar-refractivity contribution >= 4 is 0 Å². The fourth-order valence-corrected chi connectivity index (χ4v) is 8.29. The van der Waals surface area contributed by atoms with E-state index >= 15 is 0 Å². The Morgan fingerprint density at radius 3 is 1.06 bits per heavy atom. The zero-order valence-electron chi connectivity index (χ0n) is 40.1. The van der Waals surface area contributed by atoms with Crippen LogP contribution in [0.4, 0.5) is 0 Å². The summed E-state index contributed by atoms with van der Waals surface area (Å²) in [6.07, 6.45) is 28.9. The molecule has 1 aromatic heterocycles. The summed E-state index contributed by atoms with van der Waals surface area (Å²) in [5.74, 6) is 2.91. The zero-order chi connectivity index (χ0) is 44.4. The summed E-state index contributed by atoms with van der Waals surface area (Å²) in [5, 5.41) is 11.9. The number of ether oxygens (including phenoxy) is 3. The van der Waals surface area contributed by atoms with Gasteiger partial charge in [-0.3, -0.25) is 0 Å². The molecule has 342 valence electrons. The van der Waals surface area contributed by atoms with Crippen molar-refractivity contribution in [3.05, 3.63) is 64.7 Å². The van der Waals surface area contributed by atoms with Gasteiger partial charge < -0.3 is 19.3 Å². The van der Waals surface area contributed by atoms with E-state index in [9.17, 15) is 5.11 Å². The Labute approximate surface area is 377 Å². The van der Waals surface area contributed by atoms with E-state index in [1.807, 2.05) is 0 Å². The molecule has 0 spiro atoms. The van der Waals surface area contributed by atoms with Crippen LogP contribution in [0, 0.1) is 27.7 Å². The second-order valence-corrected chi connectivity index (χ2v) is 17.8. The van der Waals surface area contributed by atoms with E-state index in [1.165, 1.54) is 127 Å². The minimum Gasteiger partial charge on any atom is -0.504 e. The standard InChI is InChI=1S/C55H83N3O4/c1-8-11-14-17-20-23-26-29-36-60-50-48(55-57-53(46-34-32-42(4)39-44(46)6)56-54(58-55)47-35-33-43(5)40-45(47)7)41-49(59)51(61-37-30-27-24-21-18-15-12-9-2)52(50)62-38-31-28-25-22-19-16-13-10-3/h32-35,39-41,59H,8-31,36-38H2,1-7H3. The average molecular weight is 850 g/mol. The minimum absolute atomic E-state index is 0.00599. The zero-order valence-corrected chi connectivity index (χ0v) is 40.1. The molecule has 4 aromatic rings. The smallest absolute Gasteiger partial charge is 0.208 e. The van der Waals surface area contributed by atoms with Gasteiger partial charge >= 0.3 is 0 Å². The van der Waals surface area contributed by atoms with Crippen molar-refractivity contribution in [2.45, 2.75) is 203 Å². The highest BCUT2D eigenvalue weighted by atomic mass is 16.5. The maximum absolute atomic E-state index is 11.9. The predicted molar refractivity (Wildman–Crippen MR) is 261 cm³/mol. The summed E-state index contributed by atoms with van der Waals surface area (Å²) in [5.41, 5.74) is 6.98. The Morgan fingerprint density at radius 2 is 0.694 bits per heavy atom. The van der Waals surface area contributed by atoms with Crippen LogP contribution in [0.25, 0.3) is 34.2 Å². The van der Waals surface area contributed by atoms with Gasteiger partial charge in [0.25, 0.3) is 0 Å². The molecule has 62 heavy (non-hydrogen) atoms. The Kier molecular flexibility index (Phi) is 23.9. The van der Waals surface area contributed by atoms with Gasteiger partial charge in [-0.15, -0.1) is 0 Å². The Balaban J connectivity index is 1.74. The molecular formula is C55H83N3O4. The molecule has 0 aliphatic heterocycles. The van der Waals surface area contributed by atoms with Gasteiger partial charge in [-0.1, -0.05) is 203 Å². The molecule has 0 aliphatic rings. The van der Waals surface area contributed by atoms with Gasteiger partial charge in [-0.05, 0) is 64.2 Å². The monoisotopic (exact) mass is 850 g/mol. The number of phenolic OH excluding ortho intramolecular Hbond substituents is 1. The van der Waals surface area contributed by atoms with Crippen molar-refractivity contribution in [1.82, 2.24) is 15.0 Å². The topological polar surface area (TPSA) is 86.6 Å². The Morgan fingerprint density at radius 1 is 0.371 bits per heavy atom. The SMILES string of the molecule is CCCCCCCCCCOc1c(O)cc(-c2nc(-c3ccc(C)cc3C)nc(-c3ccc(C)cc3C)n2)c(OCCCCCCCCCC)c1OCCCCCCCCCC. The number of nitrogens with zero attached hydrogens (tertiary/aromatic N) is 3. The summed E-state index contributed by atoms with van der Waals surface area (Å²) < 4.78 is 20.1. The molecular weight excluding hydrogens is 767 g/mol. The number of unbranched alkanes of at least 4 members (excludes halogenated alkanes) is 21. The van der Waals surface area contributed by atoms with Crippen molar-refractivity contribution in [3.63, 3.8) is 0 Å². The molecule has 0 saturated carbocycles. The van der Waals surface area contributed by atoms with E-state index < -0.39 is 0 Å². The average Bonchev–Trinajstić information content (AvgIpc) is 3.25. The summed E-state index contributed by atoms with van der Waals surface area (Å²) >= 11 is 0. The van der Waals surface area contributed by atoms with Crippen molar-refractivity contribution in [1.29, 1.82) is 0 Å². The van der Waals surface area contributed by atoms with E-state index in [2.05, 4.69) is 84.9 Å². The predicted octanol–water partition coefficient (Wildman–Crippen LogP) is 16.4. The second-order valence-electron chi connectivity index (χ2n) is 17.8. The molecule has 3 aromatic carbocycles. The molecule has 0 bridgehead atoms. The molecule has 0 fully saturated rings. The van der Waals surface area contributed by atoms with E-state index in [0.717, 1.165) is 60.8 Å². The maximum Gasteiger partial charge on any atom is 0.208 e. The summed E-state index contributed by atoms with van der Waals surface area (Å²) in [6, 6.07) is 14.4. The quantitative estimate of drug-likeness (QED) is 0.0478. The molecule has 1 N–H and O–H groups in total. The number of aromatic nitrogens is 3. The van der Waals surface area contributed by atoms with Crippen LogP contribution in [0.3, 0.4) is 0 Å². The van der Waals surface area contributed by atoms with Crippen LogP contribution in [0.2, 0.25) is 0 Å². The Bertz CT molecular complexity index is 1800. The van der Waals surface area contributed by atoms with Crippen LogP contribution >= 0.6 is 0 Å². The molecule has 0 aliphatic carbocycles. The first-order chi connectivity index (χ1) is 30.3. The summed E-state index contributed by atoms with van der Waals surface area (Å²) in [6.45, 7) is 16.7. The Hall–Kier alpha value is -4.13. The lowest BCUT2D eigenvalue weighted by molar-refractivity contribution is 0.228. The molecule has 0 radical (unpaired) electrons. The van der Waals surface area contributed by atoms with Crippen LogP contribution < -0.4 is 14.2 Å². The van der Waals surface area contributed by atoms with Gasteiger partial charge in [0.2, 0.25) is 11.5 Å². The first-order valence-corrected chi connectivity index (χ1v) is 25.0. The number of hydrogen-bond donors (Lipinski definition) is 1. The van der Waals surface area contributed by atoms with Gasteiger partial charge in [0.05, 0.1) is 25.4 Å². The van der Waals surface area contributed by atoms with Gasteiger partial charge in [0, 0.05) is 11.1 Å². The maximum atomic E-state index is 11.9. The summed E-state index contributed by atoms with van der Waals surface area (Å²) in [7, 11) is 0. The van der Waals surface area contributed by atoms with Gasteiger partial charge in [-0.2, -0.15) is 0 Å². The van der Waals surface area contributed by atoms with Gasteiger partial charge in [-0.25, -0.2) is 15.0 Å². The molecule has 7 heteroatoms. The third kappa shape index (κ3) is 17.2. The normalized spacial score (nSPS) is 11.3. The summed E-state index contributed by atoms with van der Waals surface area (Å²) in [4.78, 5) is 15.4. The van der Waals surface area contributed by atoms with E-state index in [1.54, 1.807) is 6.07 Å². The first kappa shape index (κ1) is 50.5. The lowest BCUT2D eigenvalue weighted by Crippen LogP contribution is -2.09. The van der Waals surface area contributed by atoms with Crippen molar-refractivity contribution in [2.24, 2.45) is 0 Å². The minimum atomic E-state index is 0.00599. The largest absolute Gasteiger partial charge is 0.504 e. The number of phenols is 1. The van der Waals surface area contributed by atoms with E-state index in [0.29, 0.717) is 60.1 Å². The molecule has 0 saturated heterocycles. The number of rotatable bonds is 33. The number of benzene rings is 3. The fourth-order valence-electron chi connectivity index (χ4n) is 8.29. The van der Waals surface area contributed by atoms with Crippen LogP contribution in [-0.2, 0) is 0 Å². The molecule has 0 amide bonds. The highest BCUT2D eigenvalue weighted by molar-refractivity contribution is 5.78. The highest BCUT2D eigenvalue weighted by Crippen LogP contribution is 2.50. The molecule has 0 atom stereocenters. The molecule has 4 rings (SSSR count). The van der Waals surface area contributed by atoms with E-state index in [4.69, 9.17) is 29.2 Å². The van der Waals surface area contributed by atoms with Crippen LogP contribution in [0.15, 0.2) is 42.5 Å². The van der Waals surface area contributed by atoms with E-state index in [-0.39, 0.29) is 5.75 Å². The first-order valence-electron chi connectivity index (χ1n) is 25.0. The van der Waals surface area contributed by atoms with Crippen molar-refractivity contribution in [3.8, 4) is 57.2 Å². The van der Waals surface area contributed by atoms with Crippen LogP contribution in [-0.4, -0.2) is 39.9 Å². The molecule has 1 heterocycles. The molecule has 0 unspecified atom stereocenters. The third-order valence-corrected chi connectivity index (χ3v) is 12.0.